The normalized spacial score (nSPS) is 11.0. The molecule has 2 N–H and O–H groups in total. The number of aromatic nitrogens is 1. The molecule has 1 heterocycles. The maximum atomic E-state index is 13.5. The number of carbonyl (C=O) groups is 1. The van der Waals surface area contributed by atoms with Crippen molar-refractivity contribution in [3.8, 4) is 17.5 Å². The summed E-state index contributed by atoms with van der Waals surface area (Å²) in [6, 6.07) is 3.87. The molecule has 126 valence electrons. The molecule has 24 heavy (non-hydrogen) atoms. The number of nitrogens with two attached hydrogens (primary N) is 1. The van der Waals surface area contributed by atoms with Gasteiger partial charge in [0.05, 0.1) is 24.0 Å². The minimum Gasteiger partial charge on any atom is -0.464 e. The fraction of sp³-hybridized carbons (Fsp3) is 0.143. The number of nitriles is 1. The summed E-state index contributed by atoms with van der Waals surface area (Å²) in [6.45, 7) is 0. The Morgan fingerprint density at radius 1 is 1.38 bits per heavy atom. The molecule has 1 aromatic heterocycles. The lowest BCUT2D eigenvalue weighted by Gasteiger charge is -2.15. The zero-order valence-electron chi connectivity index (χ0n) is 12.0. The van der Waals surface area contributed by atoms with Gasteiger partial charge >= 0.3 is 12.3 Å². The molecule has 0 bridgehead atoms. The molecule has 0 aliphatic carbocycles. The molecule has 0 saturated carbocycles. The highest BCUT2D eigenvalue weighted by Gasteiger charge is 2.33. The Balaban J connectivity index is 2.74. The van der Waals surface area contributed by atoms with Crippen LogP contribution in [0.25, 0.3) is 5.69 Å². The number of halogens is 4. The number of hydrogen-bond donors (Lipinski definition) is 1. The van der Waals surface area contributed by atoms with Crippen LogP contribution in [0.1, 0.15) is 16.1 Å². The highest BCUT2D eigenvalue weighted by Crippen LogP contribution is 2.33. The van der Waals surface area contributed by atoms with E-state index in [1.807, 2.05) is 0 Å². The second-order valence-electron chi connectivity index (χ2n) is 4.44. The quantitative estimate of drug-likeness (QED) is 0.684. The second kappa shape index (κ2) is 6.11. The number of methoxy groups -OCH3 is 1. The number of alkyl halides is 3. The molecule has 0 spiro atoms. The van der Waals surface area contributed by atoms with Crippen molar-refractivity contribution >= 4 is 11.7 Å². The number of ether oxygens (including phenoxy) is 2. The Hall–Kier alpha value is -3.22. The van der Waals surface area contributed by atoms with Crippen molar-refractivity contribution in [3.05, 3.63) is 41.5 Å². The molecule has 0 atom stereocenters. The van der Waals surface area contributed by atoms with E-state index in [9.17, 15) is 22.4 Å². The van der Waals surface area contributed by atoms with Crippen LogP contribution in [0.15, 0.2) is 24.4 Å². The molecule has 0 radical (unpaired) electrons. The first-order valence-corrected chi connectivity index (χ1v) is 6.23. The minimum atomic E-state index is -5.05. The van der Waals surface area contributed by atoms with Crippen LogP contribution in [0, 0.1) is 17.1 Å². The maximum absolute atomic E-state index is 13.5. The van der Waals surface area contributed by atoms with Gasteiger partial charge in [0.25, 0.3) is 0 Å². The van der Waals surface area contributed by atoms with Crippen molar-refractivity contribution in [2.24, 2.45) is 0 Å². The molecule has 6 nitrogen and oxygen atoms in total. The first-order valence-electron chi connectivity index (χ1n) is 6.23. The van der Waals surface area contributed by atoms with Crippen LogP contribution in [0.5, 0.6) is 5.75 Å². The van der Waals surface area contributed by atoms with E-state index in [1.165, 1.54) is 0 Å². The number of anilines is 1. The first kappa shape index (κ1) is 17.1. The van der Waals surface area contributed by atoms with Crippen molar-refractivity contribution in [3.63, 3.8) is 0 Å². The minimum absolute atomic E-state index is 0.197. The van der Waals surface area contributed by atoms with Crippen molar-refractivity contribution in [2.75, 3.05) is 12.8 Å². The fourth-order valence-electron chi connectivity index (χ4n) is 1.99. The molecular weight excluding hydrogens is 334 g/mol. The third-order valence-electron chi connectivity index (χ3n) is 2.95. The van der Waals surface area contributed by atoms with Gasteiger partial charge in [0.15, 0.2) is 11.4 Å². The average molecular weight is 343 g/mol. The zero-order valence-corrected chi connectivity index (χ0v) is 12.0. The summed E-state index contributed by atoms with van der Waals surface area (Å²) in [7, 11) is 1.02. The lowest BCUT2D eigenvalue weighted by molar-refractivity contribution is -0.274. The van der Waals surface area contributed by atoms with Crippen LogP contribution in [0.4, 0.5) is 23.2 Å². The standard InChI is InChI=1S/C14H9F4N3O3/c1-23-13(22)12-11(20)7(5-19)6-21(12)9-4-8(15)2-3-10(9)24-14(16,17)18/h2-4,6H,20H2,1H3. The van der Waals surface area contributed by atoms with E-state index in [1.54, 1.807) is 6.07 Å². The number of nitrogen functional groups attached to an aromatic ring is 1. The number of esters is 1. The molecule has 0 amide bonds. The van der Waals surface area contributed by atoms with Crippen LogP contribution >= 0.6 is 0 Å². The van der Waals surface area contributed by atoms with E-state index >= 15 is 0 Å². The SMILES string of the molecule is COC(=O)c1c(N)c(C#N)cn1-c1cc(F)ccc1OC(F)(F)F. The lowest BCUT2D eigenvalue weighted by Crippen LogP contribution is -2.19. The summed E-state index contributed by atoms with van der Waals surface area (Å²) in [6.07, 6.45) is -4.06. The van der Waals surface area contributed by atoms with E-state index < -0.39 is 35.3 Å². The van der Waals surface area contributed by atoms with Gasteiger partial charge in [-0.2, -0.15) is 5.26 Å². The summed E-state index contributed by atoms with van der Waals surface area (Å²) >= 11 is 0. The largest absolute Gasteiger partial charge is 0.573 e. The van der Waals surface area contributed by atoms with Gasteiger partial charge in [-0.05, 0) is 12.1 Å². The topological polar surface area (TPSA) is 90.3 Å². The Morgan fingerprint density at radius 2 is 2.04 bits per heavy atom. The molecule has 2 aromatic rings. The lowest BCUT2D eigenvalue weighted by atomic mass is 10.2. The average Bonchev–Trinajstić information content (AvgIpc) is 2.83. The molecule has 0 aliphatic heterocycles. The van der Waals surface area contributed by atoms with E-state index in [-0.39, 0.29) is 11.3 Å². The monoisotopic (exact) mass is 343 g/mol. The third kappa shape index (κ3) is 3.24. The van der Waals surface area contributed by atoms with Gasteiger partial charge in [-0.1, -0.05) is 0 Å². The van der Waals surface area contributed by atoms with Gasteiger partial charge in [-0.3, -0.25) is 0 Å². The maximum Gasteiger partial charge on any atom is 0.573 e. The number of nitrogens with zero attached hydrogens (tertiary/aromatic N) is 2. The van der Waals surface area contributed by atoms with Gasteiger partial charge < -0.3 is 19.8 Å². The number of rotatable bonds is 3. The van der Waals surface area contributed by atoms with Crippen LogP contribution in [0.2, 0.25) is 0 Å². The summed E-state index contributed by atoms with van der Waals surface area (Å²) in [4.78, 5) is 11.8. The molecule has 0 aliphatic rings. The van der Waals surface area contributed by atoms with Crippen molar-refractivity contribution in [1.82, 2.24) is 4.57 Å². The smallest absolute Gasteiger partial charge is 0.464 e. The molecule has 1 aromatic carbocycles. The predicted molar refractivity (Wildman–Crippen MR) is 72.9 cm³/mol. The molecular formula is C14H9F4N3O3. The summed E-state index contributed by atoms with van der Waals surface area (Å²) in [5, 5.41) is 8.99. The van der Waals surface area contributed by atoms with E-state index in [0.29, 0.717) is 6.07 Å². The van der Waals surface area contributed by atoms with Gasteiger partial charge in [-0.25, -0.2) is 9.18 Å². The number of carbonyl (C=O) groups excluding carboxylic acids is 1. The highest BCUT2D eigenvalue weighted by molar-refractivity contribution is 5.96. The fourth-order valence-corrected chi connectivity index (χ4v) is 1.99. The van der Waals surface area contributed by atoms with E-state index in [0.717, 1.165) is 30.0 Å². The number of hydrogen-bond acceptors (Lipinski definition) is 5. The Labute approximate surface area is 132 Å². The van der Waals surface area contributed by atoms with Gasteiger partial charge in [0.2, 0.25) is 0 Å². The van der Waals surface area contributed by atoms with Crippen LogP contribution in [-0.4, -0.2) is 24.0 Å². The van der Waals surface area contributed by atoms with E-state index in [2.05, 4.69) is 9.47 Å². The van der Waals surface area contributed by atoms with Crippen LogP contribution in [0.3, 0.4) is 0 Å². The second-order valence-corrected chi connectivity index (χ2v) is 4.44. The predicted octanol–water partition coefficient (Wildman–Crippen LogP) is 2.76. The molecule has 2 rings (SSSR count). The van der Waals surface area contributed by atoms with Crippen LogP contribution in [-0.2, 0) is 4.74 Å². The Kier molecular flexibility index (Phi) is 4.37. The summed E-state index contributed by atoms with van der Waals surface area (Å²) < 4.78 is 60.2. The molecule has 0 fully saturated rings. The Morgan fingerprint density at radius 3 is 2.58 bits per heavy atom. The van der Waals surface area contributed by atoms with Crippen molar-refractivity contribution in [1.29, 1.82) is 5.26 Å². The molecule has 10 heteroatoms. The van der Waals surface area contributed by atoms with Crippen LogP contribution < -0.4 is 10.5 Å². The molecule has 0 unspecified atom stereocenters. The Bertz CT molecular complexity index is 837. The van der Waals surface area contributed by atoms with Crippen molar-refractivity contribution < 1.29 is 31.8 Å². The van der Waals surface area contributed by atoms with Gasteiger partial charge in [0.1, 0.15) is 11.9 Å². The summed E-state index contributed by atoms with van der Waals surface area (Å²) in [5.74, 6) is -2.69. The van der Waals surface area contributed by atoms with Gasteiger partial charge in [-0.15, -0.1) is 13.2 Å². The zero-order chi connectivity index (χ0) is 18.1. The van der Waals surface area contributed by atoms with Gasteiger partial charge in [0, 0.05) is 12.3 Å². The highest BCUT2D eigenvalue weighted by atomic mass is 19.4. The molecule has 0 saturated heterocycles. The first-order chi connectivity index (χ1) is 11.2. The summed E-state index contributed by atoms with van der Waals surface area (Å²) in [5.41, 5.74) is 4.24. The number of benzene rings is 1. The van der Waals surface area contributed by atoms with E-state index in [4.69, 9.17) is 11.0 Å². The van der Waals surface area contributed by atoms with Crippen molar-refractivity contribution in [2.45, 2.75) is 6.36 Å². The third-order valence-corrected chi connectivity index (χ3v) is 2.95.